The predicted molar refractivity (Wildman–Crippen MR) is 126 cm³/mol. The summed E-state index contributed by atoms with van der Waals surface area (Å²) in [6, 6.07) is 12.4. The molecule has 0 radical (unpaired) electrons. The number of nitrogens with zero attached hydrogens (tertiary/aromatic N) is 3. The monoisotopic (exact) mass is 524 g/mol. The highest BCUT2D eigenvalue weighted by molar-refractivity contribution is 6.35. The molecule has 4 rings (SSSR count). The lowest BCUT2D eigenvalue weighted by molar-refractivity contribution is -0.742. The first-order chi connectivity index (χ1) is 16.7. The van der Waals surface area contributed by atoms with E-state index in [1.54, 1.807) is 42.9 Å². The fourth-order valence-electron chi connectivity index (χ4n) is 3.44. The molecule has 0 bridgehead atoms. The zero-order valence-electron chi connectivity index (χ0n) is 18.5. The highest BCUT2D eigenvalue weighted by Crippen LogP contribution is 2.40. The topological polar surface area (TPSA) is 138 Å². The summed E-state index contributed by atoms with van der Waals surface area (Å²) < 4.78 is 20.3. The van der Waals surface area contributed by atoms with E-state index in [1.165, 1.54) is 6.92 Å². The Morgan fingerprint density at radius 3 is 2.77 bits per heavy atom. The lowest BCUT2D eigenvalue weighted by Gasteiger charge is -2.30. The van der Waals surface area contributed by atoms with E-state index in [1.807, 2.05) is 22.9 Å². The van der Waals surface area contributed by atoms with Crippen molar-refractivity contribution in [3.8, 4) is 5.75 Å². The van der Waals surface area contributed by atoms with Crippen LogP contribution in [-0.2, 0) is 26.6 Å². The maximum atomic E-state index is 11.4. The van der Waals surface area contributed by atoms with Gasteiger partial charge in [0, 0.05) is 29.9 Å². The minimum Gasteiger partial charge on any atom is -0.489 e. The van der Waals surface area contributed by atoms with Crippen molar-refractivity contribution in [3.63, 3.8) is 0 Å². The molecule has 2 N–H and O–H groups in total. The molecular formula is C22H22Cl2N4O7. The Kier molecular flexibility index (Phi) is 8.88. The maximum Gasteiger partial charge on any atom is 0.291 e. The summed E-state index contributed by atoms with van der Waals surface area (Å²) in [5.41, 5.74) is 1.27. The molecule has 2 atom stereocenters. The molecule has 35 heavy (non-hydrogen) atoms. The van der Waals surface area contributed by atoms with Crippen LogP contribution in [0.15, 0.2) is 61.2 Å². The van der Waals surface area contributed by atoms with Crippen LogP contribution < -0.4 is 10.1 Å². The number of anilines is 1. The van der Waals surface area contributed by atoms with Crippen LogP contribution in [-0.4, -0.2) is 45.1 Å². The molecule has 186 valence electrons. The fraction of sp³-hybridized carbons (Fsp3) is 0.273. The number of nitrogens with one attached hydrogen (secondary N) is 1. The van der Waals surface area contributed by atoms with E-state index in [-0.39, 0.29) is 18.6 Å². The van der Waals surface area contributed by atoms with Crippen LogP contribution in [0.2, 0.25) is 10.0 Å². The number of carbonyl (C=O) groups excluding carboxylic acids is 1. The molecule has 2 aromatic carbocycles. The van der Waals surface area contributed by atoms with E-state index in [0.717, 1.165) is 0 Å². The number of rotatable bonds is 7. The number of hydrogen-bond acceptors (Lipinski definition) is 7. The van der Waals surface area contributed by atoms with Gasteiger partial charge in [-0.05, 0) is 24.3 Å². The summed E-state index contributed by atoms with van der Waals surface area (Å²) in [6.07, 6.45) is 4.84. The molecule has 1 aliphatic rings. The standard InChI is InChI=1S/C22H21Cl2N3O4.HNO3/c1-15(28)26-20-4-2-3-5-21(20)29-11-17-12-30-22(31-17,13-27-9-8-25-14-27)18-7-6-16(23)10-19(18)24;2-1(3)4/h2-10,14,17H,11-13H2,1H3,(H,26,28);(H,2,3,4). The zero-order valence-corrected chi connectivity index (χ0v) is 20.0. The lowest BCUT2D eigenvalue weighted by Crippen LogP contribution is -2.34. The highest BCUT2D eigenvalue weighted by atomic mass is 35.5. The van der Waals surface area contributed by atoms with Crippen LogP contribution in [0.25, 0.3) is 0 Å². The van der Waals surface area contributed by atoms with Gasteiger partial charge in [0.05, 0.1) is 30.2 Å². The van der Waals surface area contributed by atoms with Gasteiger partial charge in [-0.15, -0.1) is 10.1 Å². The number of para-hydroxylation sites is 2. The van der Waals surface area contributed by atoms with Crippen LogP contribution in [0.1, 0.15) is 12.5 Å². The first-order valence-corrected chi connectivity index (χ1v) is 11.0. The first-order valence-electron chi connectivity index (χ1n) is 10.2. The number of hydrogen-bond donors (Lipinski definition) is 2. The molecule has 2 heterocycles. The van der Waals surface area contributed by atoms with E-state index in [4.69, 9.17) is 52.7 Å². The number of aromatic nitrogens is 2. The summed E-state index contributed by atoms with van der Waals surface area (Å²) in [7, 11) is 0. The largest absolute Gasteiger partial charge is 0.489 e. The Balaban J connectivity index is 0.000000795. The number of halogens is 2. The molecule has 2 unspecified atom stereocenters. The molecule has 1 amide bonds. The van der Waals surface area contributed by atoms with Crippen molar-refractivity contribution in [3.05, 3.63) is 86.9 Å². The average Bonchev–Trinajstić information content (AvgIpc) is 3.43. The number of amides is 1. The third-order valence-electron chi connectivity index (χ3n) is 4.77. The van der Waals surface area contributed by atoms with Gasteiger partial charge in [-0.2, -0.15) is 0 Å². The van der Waals surface area contributed by atoms with Gasteiger partial charge in [0.15, 0.2) is 0 Å². The van der Waals surface area contributed by atoms with Gasteiger partial charge in [0.2, 0.25) is 11.7 Å². The fourth-order valence-corrected chi connectivity index (χ4v) is 4.00. The third-order valence-corrected chi connectivity index (χ3v) is 5.32. The van der Waals surface area contributed by atoms with Gasteiger partial charge in [0.25, 0.3) is 5.09 Å². The Bertz CT molecular complexity index is 1160. The first kappa shape index (κ1) is 26.2. The number of benzene rings is 2. The van der Waals surface area contributed by atoms with E-state index < -0.39 is 10.9 Å². The summed E-state index contributed by atoms with van der Waals surface area (Å²) in [5.74, 6) is -0.737. The lowest BCUT2D eigenvalue weighted by atomic mass is 10.1. The molecule has 0 saturated carbocycles. The van der Waals surface area contributed by atoms with Gasteiger partial charge in [-0.1, -0.05) is 41.4 Å². The number of imidazole rings is 1. The third kappa shape index (κ3) is 7.30. The summed E-state index contributed by atoms with van der Waals surface area (Å²) >= 11 is 12.6. The Hall–Kier alpha value is -3.38. The van der Waals surface area contributed by atoms with Crippen molar-refractivity contribution in [1.29, 1.82) is 0 Å². The smallest absolute Gasteiger partial charge is 0.291 e. The Morgan fingerprint density at radius 2 is 2.11 bits per heavy atom. The molecule has 11 nitrogen and oxygen atoms in total. The Morgan fingerprint density at radius 1 is 1.37 bits per heavy atom. The Labute approximate surface area is 210 Å². The van der Waals surface area contributed by atoms with E-state index in [0.29, 0.717) is 40.2 Å². The van der Waals surface area contributed by atoms with Crippen LogP contribution >= 0.6 is 23.2 Å². The molecule has 0 spiro atoms. The summed E-state index contributed by atoms with van der Waals surface area (Å²) in [4.78, 5) is 23.9. The minimum absolute atomic E-state index is 0.173. The molecule has 1 aliphatic heterocycles. The SMILES string of the molecule is CC(=O)Nc1ccccc1OCC1COC(Cn2ccnc2)(c2ccc(Cl)cc2Cl)O1.O=[N+]([O-])O. The van der Waals surface area contributed by atoms with Gasteiger partial charge in [-0.3, -0.25) is 4.79 Å². The van der Waals surface area contributed by atoms with Crippen molar-refractivity contribution in [1.82, 2.24) is 9.55 Å². The maximum absolute atomic E-state index is 11.4. The normalized spacial score (nSPS) is 18.9. The van der Waals surface area contributed by atoms with Gasteiger partial charge in [0.1, 0.15) is 18.5 Å². The number of carbonyl (C=O) groups is 1. The van der Waals surface area contributed by atoms with E-state index in [9.17, 15) is 4.79 Å². The van der Waals surface area contributed by atoms with Crippen LogP contribution in [0.4, 0.5) is 5.69 Å². The zero-order chi connectivity index (χ0) is 25.4. The minimum atomic E-state index is -1.50. The van der Waals surface area contributed by atoms with Crippen molar-refractivity contribution >= 4 is 34.8 Å². The molecule has 0 aliphatic carbocycles. The van der Waals surface area contributed by atoms with Gasteiger partial charge in [-0.25, -0.2) is 4.98 Å². The highest BCUT2D eigenvalue weighted by Gasteiger charge is 2.45. The predicted octanol–water partition coefficient (Wildman–Crippen LogP) is 4.15. The van der Waals surface area contributed by atoms with E-state index >= 15 is 0 Å². The van der Waals surface area contributed by atoms with E-state index in [2.05, 4.69) is 10.3 Å². The van der Waals surface area contributed by atoms with Crippen LogP contribution in [0.5, 0.6) is 5.75 Å². The molecule has 1 aromatic heterocycles. The van der Waals surface area contributed by atoms with Crippen molar-refractivity contribution in [2.24, 2.45) is 0 Å². The average molecular weight is 525 g/mol. The van der Waals surface area contributed by atoms with Gasteiger partial charge >= 0.3 is 0 Å². The molecular weight excluding hydrogens is 503 g/mol. The number of ether oxygens (including phenoxy) is 3. The van der Waals surface area contributed by atoms with Gasteiger partial charge < -0.3 is 29.3 Å². The van der Waals surface area contributed by atoms with Crippen molar-refractivity contribution in [2.75, 3.05) is 18.5 Å². The second-order valence-electron chi connectivity index (χ2n) is 7.39. The summed E-state index contributed by atoms with van der Waals surface area (Å²) in [5, 5.41) is 17.4. The van der Waals surface area contributed by atoms with Crippen LogP contribution in [0.3, 0.4) is 0 Å². The second-order valence-corrected chi connectivity index (χ2v) is 8.23. The molecule has 1 saturated heterocycles. The summed E-state index contributed by atoms with van der Waals surface area (Å²) in [6.45, 7) is 2.34. The molecule has 1 fully saturated rings. The molecule has 3 aromatic rings. The quantitative estimate of drug-likeness (QED) is 0.347. The van der Waals surface area contributed by atoms with Crippen molar-refractivity contribution < 1.29 is 29.3 Å². The van der Waals surface area contributed by atoms with Crippen molar-refractivity contribution in [2.45, 2.75) is 25.4 Å². The second kappa shape index (κ2) is 11.8. The van der Waals surface area contributed by atoms with Crippen LogP contribution in [0, 0.1) is 10.1 Å². The molecule has 13 heteroatoms.